The highest BCUT2D eigenvalue weighted by molar-refractivity contribution is 7.89. The van der Waals surface area contributed by atoms with Crippen molar-refractivity contribution in [2.24, 2.45) is 5.73 Å². The molecule has 1 aliphatic rings. The molecule has 0 unspecified atom stereocenters. The predicted octanol–water partition coefficient (Wildman–Crippen LogP) is 2.19. The number of sulfonamides is 1. The third-order valence-corrected chi connectivity index (χ3v) is 8.08. The van der Waals surface area contributed by atoms with E-state index in [9.17, 15) is 13.2 Å². The molecule has 0 amide bonds. The molecule has 11 heteroatoms. The lowest BCUT2D eigenvalue weighted by Gasteiger charge is -2.22. The lowest BCUT2D eigenvalue weighted by atomic mass is 9.95. The van der Waals surface area contributed by atoms with Crippen LogP contribution in [0.3, 0.4) is 0 Å². The number of benzene rings is 1. The second kappa shape index (κ2) is 9.24. The molecule has 0 atom stereocenters. The van der Waals surface area contributed by atoms with Crippen LogP contribution in [0.5, 0.6) is 5.75 Å². The predicted molar refractivity (Wildman–Crippen MR) is 126 cm³/mol. The molecule has 2 aromatic heterocycles. The molecule has 10 nitrogen and oxygen atoms in total. The van der Waals surface area contributed by atoms with Crippen molar-refractivity contribution in [1.82, 2.24) is 24.1 Å². The smallest absolute Gasteiger partial charge is 0.277 e. The third-order valence-electron chi connectivity index (χ3n) is 6.23. The zero-order valence-corrected chi connectivity index (χ0v) is 20.0. The fourth-order valence-electron chi connectivity index (χ4n) is 4.42. The number of aromatic nitrogens is 4. The van der Waals surface area contributed by atoms with Gasteiger partial charge in [0, 0.05) is 26.2 Å². The average molecular weight is 475 g/mol. The van der Waals surface area contributed by atoms with Crippen molar-refractivity contribution >= 4 is 21.1 Å². The summed E-state index contributed by atoms with van der Waals surface area (Å²) < 4.78 is 34.1. The normalized spacial score (nSPS) is 15.4. The van der Waals surface area contributed by atoms with Gasteiger partial charge < -0.3 is 15.5 Å². The lowest BCUT2D eigenvalue weighted by molar-refractivity contribution is 0.336. The van der Waals surface area contributed by atoms with Crippen LogP contribution in [-0.4, -0.2) is 59.7 Å². The van der Waals surface area contributed by atoms with Crippen molar-refractivity contribution in [2.45, 2.75) is 50.0 Å². The molecule has 33 heavy (non-hydrogen) atoms. The summed E-state index contributed by atoms with van der Waals surface area (Å²) in [5, 5.41) is 4.64. The summed E-state index contributed by atoms with van der Waals surface area (Å²) in [5.41, 5.74) is 7.42. The second-order valence-corrected chi connectivity index (χ2v) is 10.5. The molecule has 0 bridgehead atoms. The molecule has 4 rings (SSSR count). The van der Waals surface area contributed by atoms with Gasteiger partial charge in [-0.2, -0.15) is 9.40 Å². The summed E-state index contributed by atoms with van der Waals surface area (Å²) in [6.45, 7) is 2.25. The van der Waals surface area contributed by atoms with Gasteiger partial charge in [-0.15, -0.1) is 0 Å². The van der Waals surface area contributed by atoms with Crippen LogP contribution in [0.15, 0.2) is 27.9 Å². The molecule has 0 aliphatic heterocycles. The van der Waals surface area contributed by atoms with Crippen LogP contribution in [0.1, 0.15) is 43.8 Å². The van der Waals surface area contributed by atoms with E-state index in [2.05, 4.69) is 10.1 Å². The summed E-state index contributed by atoms with van der Waals surface area (Å²) in [4.78, 5) is 20.7. The van der Waals surface area contributed by atoms with Crippen LogP contribution in [0, 0.1) is 6.92 Å². The Hall–Kier alpha value is -2.76. The van der Waals surface area contributed by atoms with Gasteiger partial charge in [0.2, 0.25) is 10.0 Å². The zero-order chi connectivity index (χ0) is 23.8. The molecule has 2 heterocycles. The van der Waals surface area contributed by atoms with Crippen molar-refractivity contribution < 1.29 is 13.2 Å². The van der Waals surface area contributed by atoms with Crippen LogP contribution >= 0.6 is 0 Å². The fourth-order valence-corrected chi connectivity index (χ4v) is 5.62. The van der Waals surface area contributed by atoms with E-state index in [0.29, 0.717) is 28.1 Å². The van der Waals surface area contributed by atoms with Gasteiger partial charge in [-0.1, -0.05) is 19.3 Å². The van der Waals surface area contributed by atoms with Gasteiger partial charge >= 0.3 is 0 Å². The van der Waals surface area contributed by atoms with Crippen LogP contribution in [0.4, 0.5) is 0 Å². The van der Waals surface area contributed by atoms with Gasteiger partial charge in [-0.3, -0.25) is 9.48 Å². The highest BCUT2D eigenvalue weighted by atomic mass is 32.2. The summed E-state index contributed by atoms with van der Waals surface area (Å²) in [5.74, 6) is 0.590. The van der Waals surface area contributed by atoms with Crippen LogP contribution in [0.2, 0.25) is 0 Å². The molecule has 0 saturated heterocycles. The van der Waals surface area contributed by atoms with E-state index in [0.717, 1.165) is 25.7 Å². The number of hydrogen-bond donors (Lipinski definition) is 2. The Kier molecular flexibility index (Phi) is 6.55. The van der Waals surface area contributed by atoms with Crippen molar-refractivity contribution in [3.05, 3.63) is 34.2 Å². The maximum Gasteiger partial charge on any atom is 0.277 e. The Bertz CT molecular complexity index is 1320. The highest BCUT2D eigenvalue weighted by Gasteiger charge is 2.25. The molecule has 178 valence electrons. The number of likely N-dealkylation sites (N-methyl/N-ethyl adjacent to an activating group) is 1. The largest absolute Gasteiger partial charge is 0.496 e. The number of aryl methyl sites for hydroxylation is 1. The summed E-state index contributed by atoms with van der Waals surface area (Å²) in [7, 11) is -0.803. The number of nitrogens with one attached hydrogen (secondary N) is 1. The minimum absolute atomic E-state index is 0.0729. The summed E-state index contributed by atoms with van der Waals surface area (Å²) in [6.07, 6.45) is 5.46. The molecule has 3 aromatic rings. The van der Waals surface area contributed by atoms with E-state index >= 15 is 0 Å². The van der Waals surface area contributed by atoms with E-state index in [1.165, 1.54) is 37.0 Å². The molecule has 1 fully saturated rings. The van der Waals surface area contributed by atoms with Gasteiger partial charge in [-0.05, 0) is 31.9 Å². The molecule has 0 spiro atoms. The number of nitrogens with two attached hydrogens (primary N) is 1. The van der Waals surface area contributed by atoms with E-state index < -0.39 is 10.0 Å². The first kappa shape index (κ1) is 23.4. The number of rotatable bonds is 7. The fraction of sp³-hybridized carbons (Fsp3) is 0.500. The summed E-state index contributed by atoms with van der Waals surface area (Å²) in [6, 6.07) is 4.70. The number of fused-ring (bicyclic) bond motifs is 1. The molecule has 1 saturated carbocycles. The Labute approximate surface area is 192 Å². The third kappa shape index (κ3) is 4.28. The number of ether oxygens (including phenoxy) is 1. The van der Waals surface area contributed by atoms with Crippen LogP contribution in [0.25, 0.3) is 22.4 Å². The summed E-state index contributed by atoms with van der Waals surface area (Å²) >= 11 is 0. The Morgan fingerprint density at radius 3 is 2.67 bits per heavy atom. The first-order chi connectivity index (χ1) is 15.8. The highest BCUT2D eigenvalue weighted by Crippen LogP contribution is 2.33. The monoisotopic (exact) mass is 474 g/mol. The molecular weight excluding hydrogens is 444 g/mol. The number of nitrogens with zero attached hydrogens (tertiary/aromatic N) is 4. The van der Waals surface area contributed by atoms with Gasteiger partial charge in [0.25, 0.3) is 5.56 Å². The van der Waals surface area contributed by atoms with Gasteiger partial charge in [0.1, 0.15) is 17.1 Å². The molecule has 1 aliphatic carbocycles. The van der Waals surface area contributed by atoms with E-state index in [-0.39, 0.29) is 35.3 Å². The van der Waals surface area contributed by atoms with Gasteiger partial charge in [0.05, 0.1) is 29.3 Å². The first-order valence-electron chi connectivity index (χ1n) is 11.1. The van der Waals surface area contributed by atoms with Crippen molar-refractivity contribution in [2.75, 3.05) is 27.2 Å². The maximum atomic E-state index is 13.1. The minimum atomic E-state index is -3.72. The SMILES string of the molecule is COc1cc(S(=O)(=O)N(C)CCN)ccc1-c1nc2c(C)nn(C3CCCCC3)c2c(=O)[nH]1. The second-order valence-electron chi connectivity index (χ2n) is 8.41. The quantitative estimate of drug-likeness (QED) is 0.535. The van der Waals surface area contributed by atoms with Crippen LogP contribution in [-0.2, 0) is 10.0 Å². The van der Waals surface area contributed by atoms with E-state index in [1.54, 1.807) is 6.07 Å². The molecule has 0 radical (unpaired) electrons. The lowest BCUT2D eigenvalue weighted by Crippen LogP contribution is -2.31. The Balaban J connectivity index is 1.79. The van der Waals surface area contributed by atoms with Crippen molar-refractivity contribution in [3.8, 4) is 17.1 Å². The van der Waals surface area contributed by atoms with Gasteiger partial charge in [0.15, 0.2) is 5.52 Å². The first-order valence-corrected chi connectivity index (χ1v) is 12.6. The number of methoxy groups -OCH3 is 1. The number of H-pyrrole nitrogens is 1. The number of aromatic amines is 1. The average Bonchev–Trinajstić information content (AvgIpc) is 3.16. The van der Waals surface area contributed by atoms with E-state index in [4.69, 9.17) is 15.5 Å². The minimum Gasteiger partial charge on any atom is -0.496 e. The zero-order valence-electron chi connectivity index (χ0n) is 19.2. The standard InChI is InChI=1S/C22H30N6O4S/c1-14-19-20(28(26-14)15-7-5-4-6-8-15)22(29)25-21(24-19)17-10-9-16(13-18(17)32-3)33(30,31)27(2)12-11-23/h9-10,13,15H,4-8,11-12,23H2,1-3H3,(H,24,25,29). The van der Waals surface area contributed by atoms with E-state index in [1.807, 2.05) is 11.6 Å². The molecule has 3 N–H and O–H groups in total. The Morgan fingerprint density at radius 1 is 1.27 bits per heavy atom. The Morgan fingerprint density at radius 2 is 2.00 bits per heavy atom. The van der Waals surface area contributed by atoms with Crippen LogP contribution < -0.4 is 16.0 Å². The maximum absolute atomic E-state index is 13.1. The van der Waals surface area contributed by atoms with Gasteiger partial charge in [-0.25, -0.2) is 13.4 Å². The van der Waals surface area contributed by atoms with Crippen molar-refractivity contribution in [3.63, 3.8) is 0 Å². The molecular formula is C22H30N6O4S. The van der Waals surface area contributed by atoms with Crippen molar-refractivity contribution in [1.29, 1.82) is 0 Å². The topological polar surface area (TPSA) is 136 Å². The number of hydrogen-bond acceptors (Lipinski definition) is 7. The molecule has 1 aromatic carbocycles.